The Hall–Kier alpha value is -1.24. The number of nitro groups is 1. The van der Waals surface area contributed by atoms with Crippen LogP contribution >= 0.6 is 15.9 Å². The number of hydrogen-bond acceptors (Lipinski definition) is 3. The maximum Gasteiger partial charge on any atom is 0.387 e. The largest absolute Gasteiger partial charge is 0.433 e. The lowest BCUT2D eigenvalue weighted by Gasteiger charge is -2.09. The Bertz CT molecular complexity index is 398. The van der Waals surface area contributed by atoms with Crippen LogP contribution in [0.25, 0.3) is 0 Å². The second kappa shape index (κ2) is 4.52. The third-order valence-electron chi connectivity index (χ3n) is 1.68. The van der Waals surface area contributed by atoms with Gasteiger partial charge in [0, 0.05) is 6.07 Å². The van der Waals surface area contributed by atoms with Gasteiger partial charge in [-0.3, -0.25) is 10.1 Å². The van der Waals surface area contributed by atoms with Crippen molar-refractivity contribution in [3.63, 3.8) is 0 Å². The number of benzene rings is 1. The fourth-order valence-corrected chi connectivity index (χ4v) is 1.70. The first kappa shape index (κ1) is 11.8. The monoisotopic (exact) mass is 281 g/mol. The summed E-state index contributed by atoms with van der Waals surface area (Å²) in [6.07, 6.45) is 0. The van der Waals surface area contributed by atoms with Crippen LogP contribution in [0.15, 0.2) is 16.6 Å². The van der Waals surface area contributed by atoms with Gasteiger partial charge in [0.25, 0.3) is 5.69 Å². The molecule has 0 atom stereocenters. The minimum absolute atomic E-state index is 0.0761. The van der Waals surface area contributed by atoms with Crippen LogP contribution in [0.3, 0.4) is 0 Å². The number of alkyl halides is 2. The first-order chi connectivity index (χ1) is 6.93. The molecule has 1 aromatic rings. The van der Waals surface area contributed by atoms with Gasteiger partial charge in [-0.2, -0.15) is 8.78 Å². The molecule has 0 aliphatic heterocycles. The van der Waals surface area contributed by atoms with E-state index in [2.05, 4.69) is 20.7 Å². The molecule has 0 radical (unpaired) electrons. The van der Waals surface area contributed by atoms with Crippen LogP contribution < -0.4 is 4.74 Å². The molecular formula is C8H6BrF2NO3. The molecule has 1 rings (SSSR count). The summed E-state index contributed by atoms with van der Waals surface area (Å²) in [6, 6.07) is 2.57. The zero-order valence-corrected chi connectivity index (χ0v) is 9.12. The van der Waals surface area contributed by atoms with E-state index in [1.807, 2.05) is 0 Å². The summed E-state index contributed by atoms with van der Waals surface area (Å²) in [5.74, 6) is -0.209. The Morgan fingerprint density at radius 1 is 1.53 bits per heavy atom. The zero-order valence-electron chi connectivity index (χ0n) is 7.54. The van der Waals surface area contributed by atoms with E-state index in [1.54, 1.807) is 0 Å². The van der Waals surface area contributed by atoms with Crippen LogP contribution in [-0.2, 0) is 0 Å². The normalized spacial score (nSPS) is 10.5. The molecule has 4 nitrogen and oxygen atoms in total. The van der Waals surface area contributed by atoms with Gasteiger partial charge in [-0.25, -0.2) is 0 Å². The van der Waals surface area contributed by atoms with Crippen LogP contribution in [0, 0.1) is 17.0 Å². The molecule has 0 heterocycles. The van der Waals surface area contributed by atoms with Crippen LogP contribution in [0.1, 0.15) is 5.56 Å². The number of halogens is 3. The zero-order chi connectivity index (χ0) is 11.6. The van der Waals surface area contributed by atoms with Crippen LogP contribution in [0.4, 0.5) is 14.5 Å². The van der Waals surface area contributed by atoms with Gasteiger partial charge in [-0.05, 0) is 34.5 Å². The maximum atomic E-state index is 12.0. The highest BCUT2D eigenvalue weighted by Crippen LogP contribution is 2.37. The molecule has 0 aromatic heterocycles. The van der Waals surface area contributed by atoms with Gasteiger partial charge in [0.15, 0.2) is 0 Å². The lowest BCUT2D eigenvalue weighted by atomic mass is 10.2. The summed E-state index contributed by atoms with van der Waals surface area (Å²) < 4.78 is 28.1. The Balaban J connectivity index is 3.24. The average Bonchev–Trinajstić information content (AvgIpc) is 2.11. The highest BCUT2D eigenvalue weighted by molar-refractivity contribution is 9.10. The van der Waals surface area contributed by atoms with E-state index in [4.69, 9.17) is 0 Å². The van der Waals surface area contributed by atoms with Crippen molar-refractivity contribution in [1.29, 1.82) is 0 Å². The fraction of sp³-hybridized carbons (Fsp3) is 0.250. The Kier molecular flexibility index (Phi) is 3.57. The summed E-state index contributed by atoms with van der Waals surface area (Å²) in [7, 11) is 0. The molecule has 0 bridgehead atoms. The van der Waals surface area contributed by atoms with E-state index in [0.29, 0.717) is 5.56 Å². The van der Waals surface area contributed by atoms with Crippen molar-refractivity contribution in [3.8, 4) is 5.75 Å². The average molecular weight is 282 g/mol. The van der Waals surface area contributed by atoms with Gasteiger partial charge in [0.05, 0.1) is 4.92 Å². The van der Waals surface area contributed by atoms with Gasteiger partial charge in [0.1, 0.15) is 10.2 Å². The van der Waals surface area contributed by atoms with Gasteiger partial charge >= 0.3 is 6.61 Å². The minimum atomic E-state index is -3.01. The first-order valence-corrected chi connectivity index (χ1v) is 4.61. The van der Waals surface area contributed by atoms with Crippen molar-refractivity contribution < 1.29 is 18.4 Å². The van der Waals surface area contributed by atoms with E-state index >= 15 is 0 Å². The van der Waals surface area contributed by atoms with Crippen molar-refractivity contribution in [2.45, 2.75) is 13.5 Å². The Morgan fingerprint density at radius 2 is 2.13 bits per heavy atom. The Labute approximate surface area is 92.1 Å². The van der Waals surface area contributed by atoms with Crippen LogP contribution in [-0.4, -0.2) is 11.5 Å². The van der Waals surface area contributed by atoms with E-state index < -0.39 is 11.5 Å². The van der Waals surface area contributed by atoms with Gasteiger partial charge in [-0.15, -0.1) is 0 Å². The number of nitrogens with zero attached hydrogens (tertiary/aromatic N) is 1. The number of rotatable bonds is 3. The number of hydrogen-bond donors (Lipinski definition) is 0. The molecule has 0 saturated carbocycles. The van der Waals surface area contributed by atoms with E-state index in [1.165, 1.54) is 19.1 Å². The van der Waals surface area contributed by atoms with Crippen molar-refractivity contribution in [3.05, 3.63) is 32.3 Å². The standard InChI is InChI=1S/C8H6BrF2NO3/c1-4-2-3-5(12(13)14)6(9)7(4)15-8(10)11/h2-3,8H,1H3. The predicted molar refractivity (Wildman–Crippen MR) is 52.2 cm³/mol. The number of nitro benzene ring substituents is 1. The van der Waals surface area contributed by atoms with Gasteiger partial charge in [0.2, 0.25) is 0 Å². The lowest BCUT2D eigenvalue weighted by molar-refractivity contribution is -0.385. The molecule has 0 fully saturated rings. The third kappa shape index (κ3) is 2.62. The summed E-state index contributed by atoms with van der Waals surface area (Å²) in [6.45, 7) is -1.49. The smallest absolute Gasteiger partial charge is 0.387 e. The molecule has 0 saturated heterocycles. The third-order valence-corrected chi connectivity index (χ3v) is 2.44. The fourth-order valence-electron chi connectivity index (χ4n) is 1.02. The van der Waals surface area contributed by atoms with Crippen molar-refractivity contribution in [2.24, 2.45) is 0 Å². The number of ether oxygens (including phenoxy) is 1. The first-order valence-electron chi connectivity index (χ1n) is 3.81. The van der Waals surface area contributed by atoms with Crippen LogP contribution in [0.2, 0.25) is 0 Å². The summed E-state index contributed by atoms with van der Waals surface area (Å²) in [5, 5.41) is 10.5. The molecule has 1 aromatic carbocycles. The summed E-state index contributed by atoms with van der Waals surface area (Å²) in [5.41, 5.74) is 0.0871. The highest BCUT2D eigenvalue weighted by atomic mass is 79.9. The maximum absolute atomic E-state index is 12.0. The van der Waals surface area contributed by atoms with Crippen molar-refractivity contribution >= 4 is 21.6 Å². The van der Waals surface area contributed by atoms with E-state index in [0.717, 1.165) is 0 Å². The quantitative estimate of drug-likeness (QED) is 0.631. The minimum Gasteiger partial charge on any atom is -0.433 e. The summed E-state index contributed by atoms with van der Waals surface area (Å²) >= 11 is 2.86. The lowest BCUT2D eigenvalue weighted by Crippen LogP contribution is -2.05. The second-order valence-corrected chi connectivity index (χ2v) is 3.47. The van der Waals surface area contributed by atoms with E-state index in [9.17, 15) is 18.9 Å². The van der Waals surface area contributed by atoms with Crippen molar-refractivity contribution in [2.75, 3.05) is 0 Å². The molecule has 0 spiro atoms. The molecule has 0 aliphatic rings. The topological polar surface area (TPSA) is 52.4 Å². The summed E-state index contributed by atoms with van der Waals surface area (Å²) in [4.78, 5) is 9.82. The Morgan fingerprint density at radius 3 is 2.60 bits per heavy atom. The molecule has 0 aliphatic carbocycles. The molecule has 0 amide bonds. The molecule has 7 heteroatoms. The molecular weight excluding hydrogens is 276 g/mol. The second-order valence-electron chi connectivity index (χ2n) is 2.68. The highest BCUT2D eigenvalue weighted by Gasteiger charge is 2.20. The van der Waals surface area contributed by atoms with Crippen molar-refractivity contribution in [1.82, 2.24) is 0 Å². The van der Waals surface area contributed by atoms with E-state index in [-0.39, 0.29) is 15.9 Å². The van der Waals surface area contributed by atoms with Gasteiger partial charge in [-0.1, -0.05) is 0 Å². The van der Waals surface area contributed by atoms with Gasteiger partial charge < -0.3 is 4.74 Å². The molecule has 0 unspecified atom stereocenters. The SMILES string of the molecule is Cc1ccc([N+](=O)[O-])c(Br)c1OC(F)F. The number of aryl methyl sites for hydroxylation is 1. The molecule has 15 heavy (non-hydrogen) atoms. The molecule has 82 valence electrons. The predicted octanol–water partition coefficient (Wildman–Crippen LogP) is 3.27. The molecule has 0 N–H and O–H groups in total. The van der Waals surface area contributed by atoms with Crippen LogP contribution in [0.5, 0.6) is 5.75 Å².